The van der Waals surface area contributed by atoms with Crippen LogP contribution in [-0.2, 0) is 9.59 Å². The molecule has 0 aromatic heterocycles. The number of nitrogens with zero attached hydrogens (tertiary/aromatic N) is 1. The van der Waals surface area contributed by atoms with Crippen molar-refractivity contribution < 1.29 is 19.1 Å². The van der Waals surface area contributed by atoms with Crippen molar-refractivity contribution in [2.24, 2.45) is 0 Å². The maximum absolute atomic E-state index is 12.0. The van der Waals surface area contributed by atoms with E-state index in [-0.39, 0.29) is 43.3 Å². The van der Waals surface area contributed by atoms with Gasteiger partial charge in [0.15, 0.2) is 0 Å². The topological polar surface area (TPSA) is 87.7 Å². The van der Waals surface area contributed by atoms with Crippen LogP contribution in [0.3, 0.4) is 0 Å². The number of nitrogens with one attached hydrogen (secondary N) is 2. The van der Waals surface area contributed by atoms with E-state index in [0.29, 0.717) is 11.3 Å². The molecule has 0 spiro atoms. The molecule has 1 aliphatic heterocycles. The van der Waals surface area contributed by atoms with E-state index in [9.17, 15) is 14.4 Å². The van der Waals surface area contributed by atoms with E-state index in [1.165, 1.54) is 0 Å². The number of benzene rings is 1. The predicted molar refractivity (Wildman–Crippen MR) is 98.0 cm³/mol. The van der Waals surface area contributed by atoms with Crippen molar-refractivity contribution in [2.45, 2.75) is 39.2 Å². The third-order valence-electron chi connectivity index (χ3n) is 4.02. The number of ether oxygens (including phenoxy) is 1. The van der Waals surface area contributed by atoms with Gasteiger partial charge in [-0.3, -0.25) is 14.4 Å². The standard InChI is InChI=1S/C19H27N3O4/c1-14(2)26-16-7-5-15(6-8-16)19(25)21-13-17(23)20-10-9-18(24)22-11-3-4-12-22/h5-8,14H,3-4,9-13H2,1-2H3,(H,20,23)(H,21,25). The fourth-order valence-corrected chi connectivity index (χ4v) is 2.72. The number of likely N-dealkylation sites (tertiary alicyclic amines) is 1. The quantitative estimate of drug-likeness (QED) is 0.731. The Bertz CT molecular complexity index is 622. The highest BCUT2D eigenvalue weighted by Gasteiger charge is 2.17. The number of amides is 3. The van der Waals surface area contributed by atoms with E-state index in [1.54, 1.807) is 24.3 Å². The summed E-state index contributed by atoms with van der Waals surface area (Å²) < 4.78 is 5.52. The third-order valence-corrected chi connectivity index (χ3v) is 4.02. The summed E-state index contributed by atoms with van der Waals surface area (Å²) >= 11 is 0. The largest absolute Gasteiger partial charge is 0.491 e. The Morgan fingerprint density at radius 2 is 1.73 bits per heavy atom. The van der Waals surface area contributed by atoms with Gasteiger partial charge in [0.1, 0.15) is 5.75 Å². The molecule has 2 N–H and O–H groups in total. The molecule has 2 rings (SSSR count). The predicted octanol–water partition coefficient (Wildman–Crippen LogP) is 1.33. The van der Waals surface area contributed by atoms with Crippen LogP contribution in [0.2, 0.25) is 0 Å². The molecule has 0 unspecified atom stereocenters. The molecule has 0 atom stereocenters. The second-order valence-electron chi connectivity index (χ2n) is 6.56. The van der Waals surface area contributed by atoms with Gasteiger partial charge in [-0.2, -0.15) is 0 Å². The van der Waals surface area contributed by atoms with Gasteiger partial charge in [-0.1, -0.05) is 0 Å². The van der Waals surface area contributed by atoms with E-state index in [4.69, 9.17) is 4.74 Å². The van der Waals surface area contributed by atoms with Crippen LogP contribution in [-0.4, -0.2) is 54.9 Å². The SMILES string of the molecule is CC(C)Oc1ccc(C(=O)NCC(=O)NCCC(=O)N2CCCC2)cc1. The molecule has 1 saturated heterocycles. The number of hydrogen-bond acceptors (Lipinski definition) is 4. The molecule has 1 aliphatic rings. The van der Waals surface area contributed by atoms with Gasteiger partial charge < -0.3 is 20.3 Å². The van der Waals surface area contributed by atoms with Gasteiger partial charge in [0.05, 0.1) is 12.6 Å². The Morgan fingerprint density at radius 3 is 2.35 bits per heavy atom. The van der Waals surface area contributed by atoms with Crippen molar-refractivity contribution in [1.82, 2.24) is 15.5 Å². The summed E-state index contributed by atoms with van der Waals surface area (Å²) in [5.74, 6) is 0.115. The van der Waals surface area contributed by atoms with Crippen LogP contribution in [0.25, 0.3) is 0 Å². The first-order chi connectivity index (χ1) is 12.5. The fourth-order valence-electron chi connectivity index (χ4n) is 2.72. The van der Waals surface area contributed by atoms with Crippen LogP contribution in [0.15, 0.2) is 24.3 Å². The van der Waals surface area contributed by atoms with Gasteiger partial charge in [0, 0.05) is 31.6 Å². The summed E-state index contributed by atoms with van der Waals surface area (Å²) in [7, 11) is 0. The minimum Gasteiger partial charge on any atom is -0.491 e. The van der Waals surface area contributed by atoms with E-state index >= 15 is 0 Å². The summed E-state index contributed by atoms with van der Waals surface area (Å²) in [5.41, 5.74) is 0.457. The second-order valence-corrected chi connectivity index (χ2v) is 6.56. The second kappa shape index (κ2) is 9.79. The van der Waals surface area contributed by atoms with Gasteiger partial charge in [-0.15, -0.1) is 0 Å². The lowest BCUT2D eigenvalue weighted by molar-refractivity contribution is -0.130. The molecule has 7 nitrogen and oxygen atoms in total. The van der Waals surface area contributed by atoms with Crippen molar-refractivity contribution in [3.05, 3.63) is 29.8 Å². The maximum atomic E-state index is 12.0. The summed E-state index contributed by atoms with van der Waals surface area (Å²) in [5, 5.41) is 5.22. The Kier molecular flexibility index (Phi) is 7.44. The smallest absolute Gasteiger partial charge is 0.251 e. The molecule has 1 aromatic rings. The highest BCUT2D eigenvalue weighted by molar-refractivity contribution is 5.96. The molecule has 0 aliphatic carbocycles. The van der Waals surface area contributed by atoms with Crippen LogP contribution >= 0.6 is 0 Å². The third kappa shape index (κ3) is 6.38. The number of rotatable bonds is 8. The molecular weight excluding hydrogens is 334 g/mol. The van der Waals surface area contributed by atoms with Crippen LogP contribution in [0.5, 0.6) is 5.75 Å². The molecule has 0 bridgehead atoms. The van der Waals surface area contributed by atoms with Gasteiger partial charge in [-0.25, -0.2) is 0 Å². The van der Waals surface area contributed by atoms with E-state index in [0.717, 1.165) is 25.9 Å². The first-order valence-electron chi connectivity index (χ1n) is 9.05. The summed E-state index contributed by atoms with van der Waals surface area (Å²) in [6, 6.07) is 6.75. The molecule has 26 heavy (non-hydrogen) atoms. The Morgan fingerprint density at radius 1 is 1.08 bits per heavy atom. The van der Waals surface area contributed by atoms with Crippen molar-refractivity contribution in [1.29, 1.82) is 0 Å². The van der Waals surface area contributed by atoms with Crippen molar-refractivity contribution in [2.75, 3.05) is 26.2 Å². The Labute approximate surface area is 154 Å². The Balaban J connectivity index is 1.66. The van der Waals surface area contributed by atoms with Crippen molar-refractivity contribution >= 4 is 17.7 Å². The van der Waals surface area contributed by atoms with Gasteiger partial charge >= 0.3 is 0 Å². The average molecular weight is 361 g/mol. The van der Waals surface area contributed by atoms with Crippen LogP contribution in [0.1, 0.15) is 43.5 Å². The highest BCUT2D eigenvalue weighted by Crippen LogP contribution is 2.13. The lowest BCUT2D eigenvalue weighted by atomic mass is 10.2. The zero-order valence-electron chi connectivity index (χ0n) is 15.4. The van der Waals surface area contributed by atoms with E-state index < -0.39 is 0 Å². The van der Waals surface area contributed by atoms with Crippen LogP contribution in [0.4, 0.5) is 0 Å². The van der Waals surface area contributed by atoms with Crippen molar-refractivity contribution in [3.63, 3.8) is 0 Å². The average Bonchev–Trinajstić information content (AvgIpc) is 3.14. The number of carbonyl (C=O) groups is 3. The lowest BCUT2D eigenvalue weighted by Crippen LogP contribution is -2.38. The first-order valence-corrected chi connectivity index (χ1v) is 9.05. The number of hydrogen-bond donors (Lipinski definition) is 2. The fraction of sp³-hybridized carbons (Fsp3) is 0.526. The molecule has 1 heterocycles. The summed E-state index contributed by atoms with van der Waals surface area (Å²) in [4.78, 5) is 37.5. The zero-order valence-corrected chi connectivity index (χ0v) is 15.4. The molecule has 142 valence electrons. The normalized spacial score (nSPS) is 13.6. The molecule has 0 radical (unpaired) electrons. The highest BCUT2D eigenvalue weighted by atomic mass is 16.5. The number of carbonyl (C=O) groups excluding carboxylic acids is 3. The molecule has 1 aromatic carbocycles. The molecule has 7 heteroatoms. The van der Waals surface area contributed by atoms with Gasteiger partial charge in [0.25, 0.3) is 5.91 Å². The molecule has 3 amide bonds. The van der Waals surface area contributed by atoms with E-state index in [1.807, 2.05) is 18.7 Å². The zero-order chi connectivity index (χ0) is 18.9. The van der Waals surface area contributed by atoms with Crippen LogP contribution < -0.4 is 15.4 Å². The minimum atomic E-state index is -0.329. The Hall–Kier alpha value is -2.57. The minimum absolute atomic E-state index is 0.0653. The maximum Gasteiger partial charge on any atom is 0.251 e. The van der Waals surface area contributed by atoms with Crippen molar-refractivity contribution in [3.8, 4) is 5.75 Å². The van der Waals surface area contributed by atoms with Crippen LogP contribution in [0, 0.1) is 0 Å². The first kappa shape index (κ1) is 19.8. The molecular formula is C19H27N3O4. The summed E-state index contributed by atoms with van der Waals surface area (Å²) in [6.45, 7) is 5.63. The van der Waals surface area contributed by atoms with E-state index in [2.05, 4.69) is 10.6 Å². The summed E-state index contributed by atoms with van der Waals surface area (Å²) in [6.07, 6.45) is 2.45. The molecule has 1 fully saturated rings. The van der Waals surface area contributed by atoms with Gasteiger partial charge in [0.2, 0.25) is 11.8 Å². The van der Waals surface area contributed by atoms with Gasteiger partial charge in [-0.05, 0) is 51.0 Å². The molecule has 0 saturated carbocycles. The lowest BCUT2D eigenvalue weighted by Gasteiger charge is -2.15. The monoisotopic (exact) mass is 361 g/mol.